The molecule has 0 unspecified atom stereocenters. The Morgan fingerprint density at radius 3 is 2.75 bits per heavy atom. The number of aryl methyl sites for hydroxylation is 1. The van der Waals surface area contributed by atoms with Crippen molar-refractivity contribution in [3.63, 3.8) is 0 Å². The van der Waals surface area contributed by atoms with Gasteiger partial charge in [0, 0.05) is 13.3 Å². The first kappa shape index (κ1) is 10.5. The third-order valence-corrected chi connectivity index (χ3v) is 2.38. The van der Waals surface area contributed by atoms with E-state index in [1.807, 2.05) is 31.2 Å². The van der Waals surface area contributed by atoms with Gasteiger partial charge < -0.3 is 4.52 Å². The molecule has 1 aromatic carbocycles. The van der Waals surface area contributed by atoms with E-state index in [1.54, 1.807) is 0 Å². The zero-order chi connectivity index (χ0) is 11.5. The molecule has 4 nitrogen and oxygen atoms in total. The number of rotatable bonds is 3. The fraction of sp³-hybridized carbons (Fsp3) is 0.250. The highest BCUT2D eigenvalue weighted by Crippen LogP contribution is 2.11. The van der Waals surface area contributed by atoms with Crippen LogP contribution in [0.4, 0.5) is 0 Å². The van der Waals surface area contributed by atoms with Crippen molar-refractivity contribution in [2.24, 2.45) is 0 Å². The Morgan fingerprint density at radius 2 is 2.12 bits per heavy atom. The Morgan fingerprint density at radius 1 is 1.38 bits per heavy atom. The molecule has 1 aromatic heterocycles. The second-order valence-corrected chi connectivity index (χ2v) is 3.68. The van der Waals surface area contributed by atoms with E-state index >= 15 is 0 Å². The summed E-state index contributed by atoms with van der Waals surface area (Å²) in [6, 6.07) is 7.99. The first-order valence-electron chi connectivity index (χ1n) is 5.05. The van der Waals surface area contributed by atoms with E-state index in [4.69, 9.17) is 4.52 Å². The lowest BCUT2D eigenvalue weighted by atomic mass is 10.1. The maximum Gasteiger partial charge on any atom is 0.293 e. The third kappa shape index (κ3) is 2.16. The Labute approximate surface area is 93.3 Å². The molecule has 0 atom stereocenters. The molecule has 82 valence electrons. The van der Waals surface area contributed by atoms with E-state index < -0.39 is 0 Å². The minimum absolute atomic E-state index is 0.0728. The highest BCUT2D eigenvalue weighted by atomic mass is 16.5. The third-order valence-electron chi connectivity index (χ3n) is 2.38. The molecule has 0 amide bonds. The van der Waals surface area contributed by atoms with Gasteiger partial charge in [-0.25, -0.2) is 0 Å². The minimum Gasteiger partial charge on any atom is -0.331 e. The van der Waals surface area contributed by atoms with Gasteiger partial charge >= 0.3 is 0 Å². The fourth-order valence-electron chi connectivity index (χ4n) is 1.45. The van der Waals surface area contributed by atoms with Crippen molar-refractivity contribution in [3.05, 3.63) is 47.1 Å². The van der Waals surface area contributed by atoms with Gasteiger partial charge in [-0.3, -0.25) is 4.79 Å². The second kappa shape index (κ2) is 4.26. The molecule has 1 heterocycles. The highest BCUT2D eigenvalue weighted by molar-refractivity contribution is 5.89. The van der Waals surface area contributed by atoms with Gasteiger partial charge in [-0.15, -0.1) is 0 Å². The number of aromatic nitrogens is 2. The SMILES string of the molecule is CC(=O)c1nc(Cc2ccccc2C)no1. The number of ketones is 1. The van der Waals surface area contributed by atoms with Gasteiger partial charge in [0.05, 0.1) is 0 Å². The van der Waals surface area contributed by atoms with Crippen molar-refractivity contribution in [2.45, 2.75) is 20.3 Å². The second-order valence-electron chi connectivity index (χ2n) is 3.68. The van der Waals surface area contributed by atoms with Crippen molar-refractivity contribution in [3.8, 4) is 0 Å². The molecule has 0 fully saturated rings. The Kier molecular flexibility index (Phi) is 2.81. The smallest absolute Gasteiger partial charge is 0.293 e. The molecule has 0 radical (unpaired) electrons. The predicted octanol–water partition coefficient (Wildman–Crippen LogP) is 2.17. The molecule has 0 aliphatic carbocycles. The molecule has 0 aliphatic heterocycles. The number of Topliss-reactive ketones (excluding diaryl/α,β-unsaturated/α-hetero) is 1. The van der Waals surface area contributed by atoms with Crippen molar-refractivity contribution >= 4 is 5.78 Å². The van der Waals surface area contributed by atoms with Crippen LogP contribution in [-0.2, 0) is 6.42 Å². The number of carbonyl (C=O) groups is 1. The van der Waals surface area contributed by atoms with Crippen LogP contribution in [-0.4, -0.2) is 15.9 Å². The van der Waals surface area contributed by atoms with E-state index in [1.165, 1.54) is 12.5 Å². The van der Waals surface area contributed by atoms with Crippen LogP contribution in [0.2, 0.25) is 0 Å². The molecular weight excluding hydrogens is 204 g/mol. The maximum absolute atomic E-state index is 11.0. The highest BCUT2D eigenvalue weighted by Gasteiger charge is 2.11. The molecule has 0 bridgehead atoms. The van der Waals surface area contributed by atoms with Crippen molar-refractivity contribution < 1.29 is 9.32 Å². The quantitative estimate of drug-likeness (QED) is 0.738. The van der Waals surface area contributed by atoms with Gasteiger partial charge in [-0.1, -0.05) is 29.4 Å². The molecular formula is C12H12N2O2. The monoisotopic (exact) mass is 216 g/mol. The lowest BCUT2D eigenvalue weighted by molar-refractivity contribution is 0.0972. The van der Waals surface area contributed by atoms with E-state index in [-0.39, 0.29) is 11.7 Å². The maximum atomic E-state index is 11.0. The molecule has 2 aromatic rings. The molecule has 0 saturated heterocycles. The summed E-state index contributed by atoms with van der Waals surface area (Å²) in [5.41, 5.74) is 2.31. The van der Waals surface area contributed by atoms with Crippen molar-refractivity contribution in [2.75, 3.05) is 0 Å². The van der Waals surface area contributed by atoms with Gasteiger partial charge in [0.2, 0.25) is 5.78 Å². The fourth-order valence-corrected chi connectivity index (χ4v) is 1.45. The normalized spacial score (nSPS) is 10.4. The van der Waals surface area contributed by atoms with E-state index in [0.29, 0.717) is 12.2 Å². The summed E-state index contributed by atoms with van der Waals surface area (Å²) < 4.78 is 4.83. The van der Waals surface area contributed by atoms with Crippen LogP contribution in [0.3, 0.4) is 0 Å². The summed E-state index contributed by atoms with van der Waals surface area (Å²) in [4.78, 5) is 15.0. The zero-order valence-electron chi connectivity index (χ0n) is 9.23. The molecule has 0 saturated carbocycles. The van der Waals surface area contributed by atoms with Gasteiger partial charge in [-0.2, -0.15) is 4.98 Å². The topological polar surface area (TPSA) is 56.0 Å². The van der Waals surface area contributed by atoms with Crippen molar-refractivity contribution in [1.82, 2.24) is 10.1 Å². The first-order valence-corrected chi connectivity index (χ1v) is 5.05. The van der Waals surface area contributed by atoms with Gasteiger partial charge in [0.15, 0.2) is 5.82 Å². The van der Waals surface area contributed by atoms with Gasteiger partial charge in [0.25, 0.3) is 5.89 Å². The average molecular weight is 216 g/mol. The van der Waals surface area contributed by atoms with Gasteiger partial charge in [0.1, 0.15) is 0 Å². The number of carbonyl (C=O) groups excluding carboxylic acids is 1. The summed E-state index contributed by atoms with van der Waals surface area (Å²) in [7, 11) is 0. The summed E-state index contributed by atoms with van der Waals surface area (Å²) in [6.45, 7) is 3.44. The summed E-state index contributed by atoms with van der Waals surface area (Å²) in [5.74, 6) is 0.409. The summed E-state index contributed by atoms with van der Waals surface area (Å²) >= 11 is 0. The lowest BCUT2D eigenvalue weighted by Crippen LogP contribution is -1.95. The molecule has 0 spiro atoms. The van der Waals surface area contributed by atoms with Crippen molar-refractivity contribution in [1.29, 1.82) is 0 Å². The van der Waals surface area contributed by atoms with Crippen LogP contribution < -0.4 is 0 Å². The van der Waals surface area contributed by atoms with E-state index in [0.717, 1.165) is 5.56 Å². The minimum atomic E-state index is -0.205. The molecule has 16 heavy (non-hydrogen) atoms. The predicted molar refractivity (Wildman–Crippen MR) is 58.3 cm³/mol. The van der Waals surface area contributed by atoms with Crippen LogP contribution in [0.5, 0.6) is 0 Å². The summed E-state index contributed by atoms with van der Waals surface area (Å²) in [6.07, 6.45) is 0.587. The largest absolute Gasteiger partial charge is 0.331 e. The Balaban J connectivity index is 2.21. The van der Waals surface area contributed by atoms with Crippen LogP contribution in [0, 0.1) is 6.92 Å². The van der Waals surface area contributed by atoms with E-state index in [2.05, 4.69) is 10.1 Å². The molecule has 4 heteroatoms. The number of hydrogen-bond donors (Lipinski definition) is 0. The Hall–Kier alpha value is -1.97. The Bertz CT molecular complexity index is 517. The van der Waals surface area contributed by atoms with E-state index in [9.17, 15) is 4.79 Å². The molecule has 0 N–H and O–H groups in total. The first-order chi connectivity index (χ1) is 7.66. The summed E-state index contributed by atoms with van der Waals surface area (Å²) in [5, 5.41) is 3.77. The molecule has 2 rings (SSSR count). The van der Waals surface area contributed by atoms with Crippen LogP contribution in [0.25, 0.3) is 0 Å². The number of hydrogen-bond acceptors (Lipinski definition) is 4. The zero-order valence-corrected chi connectivity index (χ0v) is 9.23. The lowest BCUT2D eigenvalue weighted by Gasteiger charge is -2.00. The van der Waals surface area contributed by atoms with Crippen LogP contribution >= 0.6 is 0 Å². The number of benzene rings is 1. The van der Waals surface area contributed by atoms with Crippen LogP contribution in [0.15, 0.2) is 28.8 Å². The van der Waals surface area contributed by atoms with Gasteiger partial charge in [-0.05, 0) is 18.1 Å². The molecule has 0 aliphatic rings. The number of nitrogens with zero attached hydrogens (tertiary/aromatic N) is 2. The standard InChI is InChI=1S/C12H12N2O2/c1-8-5-3-4-6-10(8)7-11-13-12(9(2)15)16-14-11/h3-6H,7H2,1-2H3. The van der Waals surface area contributed by atoms with Crippen LogP contribution in [0.1, 0.15) is 34.6 Å². The average Bonchev–Trinajstić information content (AvgIpc) is 2.70.